The van der Waals surface area contributed by atoms with Gasteiger partial charge in [-0.2, -0.15) is 5.10 Å². The first kappa shape index (κ1) is 19.3. The highest BCUT2D eigenvalue weighted by Crippen LogP contribution is 2.23. The van der Waals surface area contributed by atoms with E-state index in [9.17, 15) is 0 Å². The summed E-state index contributed by atoms with van der Waals surface area (Å²) in [6.07, 6.45) is 7.60. The number of guanidine groups is 1. The van der Waals surface area contributed by atoms with Crippen LogP contribution in [0.3, 0.4) is 0 Å². The minimum atomic E-state index is 0. The van der Waals surface area contributed by atoms with Gasteiger partial charge >= 0.3 is 0 Å². The van der Waals surface area contributed by atoms with Gasteiger partial charge in [-0.25, -0.2) is 0 Å². The van der Waals surface area contributed by atoms with Crippen LogP contribution in [0.4, 0.5) is 0 Å². The normalized spacial score (nSPS) is 18.7. The number of aliphatic imine (C=N–C) groups is 1. The lowest BCUT2D eigenvalue weighted by Crippen LogP contribution is -2.40. The summed E-state index contributed by atoms with van der Waals surface area (Å²) in [5, 5.41) is 7.68. The molecule has 126 valence electrons. The van der Waals surface area contributed by atoms with Crippen molar-refractivity contribution in [2.24, 2.45) is 23.9 Å². The van der Waals surface area contributed by atoms with Gasteiger partial charge in [0.25, 0.3) is 0 Å². The highest BCUT2D eigenvalue weighted by molar-refractivity contribution is 14.0. The summed E-state index contributed by atoms with van der Waals surface area (Å²) in [6, 6.07) is 0. The van der Waals surface area contributed by atoms with E-state index in [1.165, 1.54) is 18.4 Å². The number of aryl methyl sites for hydroxylation is 1. The number of hydrogen-bond donors (Lipinski definition) is 1. The van der Waals surface area contributed by atoms with Crippen LogP contribution in [0.15, 0.2) is 17.4 Å². The maximum Gasteiger partial charge on any atom is 0.193 e. The van der Waals surface area contributed by atoms with Gasteiger partial charge in [0, 0.05) is 39.9 Å². The molecule has 1 saturated heterocycles. The first-order valence-electron chi connectivity index (χ1n) is 8.01. The lowest BCUT2D eigenvalue weighted by atomic mass is 9.97. The fourth-order valence-corrected chi connectivity index (χ4v) is 3.14. The van der Waals surface area contributed by atoms with Gasteiger partial charge < -0.3 is 10.2 Å². The largest absolute Gasteiger partial charge is 0.356 e. The molecule has 1 N–H and O–H groups in total. The molecule has 2 heterocycles. The van der Waals surface area contributed by atoms with Gasteiger partial charge in [0.05, 0.1) is 6.20 Å². The number of hydrogen-bond acceptors (Lipinski definition) is 2. The number of halogens is 1. The average molecular weight is 419 g/mol. The third kappa shape index (κ3) is 5.78. The van der Waals surface area contributed by atoms with Crippen molar-refractivity contribution >= 4 is 29.9 Å². The number of nitrogens with zero attached hydrogens (tertiary/aromatic N) is 4. The number of nitrogens with one attached hydrogen (secondary N) is 1. The highest BCUT2D eigenvalue weighted by atomic mass is 127. The van der Waals surface area contributed by atoms with Crippen molar-refractivity contribution < 1.29 is 0 Å². The van der Waals surface area contributed by atoms with E-state index in [0.717, 1.165) is 43.9 Å². The summed E-state index contributed by atoms with van der Waals surface area (Å²) in [5.41, 5.74) is 1.26. The Balaban J connectivity index is 0.00000242. The van der Waals surface area contributed by atoms with Crippen LogP contribution < -0.4 is 5.32 Å². The second-order valence-electron chi connectivity index (χ2n) is 6.48. The average Bonchev–Trinajstić information content (AvgIpc) is 3.03. The van der Waals surface area contributed by atoms with Crippen molar-refractivity contribution in [2.45, 2.75) is 33.1 Å². The lowest BCUT2D eigenvalue weighted by Gasteiger charge is -2.22. The molecule has 0 amide bonds. The fraction of sp³-hybridized carbons (Fsp3) is 0.750. The van der Waals surface area contributed by atoms with Crippen LogP contribution in [-0.4, -0.2) is 47.3 Å². The zero-order chi connectivity index (χ0) is 15.2. The van der Waals surface area contributed by atoms with Crippen LogP contribution in [0.1, 0.15) is 32.3 Å². The first-order valence-corrected chi connectivity index (χ1v) is 8.01. The van der Waals surface area contributed by atoms with Gasteiger partial charge in [-0.15, -0.1) is 24.0 Å². The Morgan fingerprint density at radius 3 is 2.86 bits per heavy atom. The Kier molecular flexibility index (Phi) is 8.20. The van der Waals surface area contributed by atoms with E-state index in [1.807, 2.05) is 25.0 Å². The molecule has 5 nitrogen and oxygen atoms in total. The molecule has 6 heteroatoms. The third-order valence-electron chi connectivity index (χ3n) is 4.06. The van der Waals surface area contributed by atoms with E-state index in [-0.39, 0.29) is 24.0 Å². The summed E-state index contributed by atoms with van der Waals surface area (Å²) in [5.74, 6) is 2.66. The van der Waals surface area contributed by atoms with Gasteiger partial charge in [0.2, 0.25) is 0 Å². The number of aromatic nitrogens is 2. The third-order valence-corrected chi connectivity index (χ3v) is 4.06. The Bertz CT molecular complexity index is 469. The SMILES string of the molecule is CN=C(NCCc1cnn(C)c1)N1CCC(CC(C)C)C1.I. The monoisotopic (exact) mass is 419 g/mol. The molecular weight excluding hydrogens is 389 g/mol. The molecule has 0 bridgehead atoms. The van der Waals surface area contributed by atoms with Crippen molar-refractivity contribution in [3.8, 4) is 0 Å². The van der Waals surface area contributed by atoms with Crippen LogP contribution in [0.25, 0.3) is 0 Å². The second-order valence-corrected chi connectivity index (χ2v) is 6.48. The molecule has 0 spiro atoms. The molecule has 0 saturated carbocycles. The standard InChI is InChI=1S/C16H29N5.HI/c1-13(2)9-14-6-8-21(12-14)16(17-3)18-7-5-15-10-19-20(4)11-15;/h10-11,13-14H,5-9,12H2,1-4H3,(H,17,18);1H. The fourth-order valence-electron chi connectivity index (χ4n) is 3.14. The molecule has 1 aliphatic heterocycles. The van der Waals surface area contributed by atoms with E-state index < -0.39 is 0 Å². The van der Waals surface area contributed by atoms with E-state index in [2.05, 4.69) is 40.4 Å². The summed E-state index contributed by atoms with van der Waals surface area (Å²) >= 11 is 0. The predicted molar refractivity (Wildman–Crippen MR) is 103 cm³/mol. The highest BCUT2D eigenvalue weighted by Gasteiger charge is 2.25. The van der Waals surface area contributed by atoms with E-state index in [4.69, 9.17) is 0 Å². The van der Waals surface area contributed by atoms with E-state index in [0.29, 0.717) is 0 Å². The molecular formula is C16H30IN5. The van der Waals surface area contributed by atoms with Gasteiger partial charge in [-0.3, -0.25) is 9.67 Å². The summed E-state index contributed by atoms with van der Waals surface area (Å²) in [4.78, 5) is 6.83. The van der Waals surface area contributed by atoms with Crippen LogP contribution in [0.5, 0.6) is 0 Å². The second kappa shape index (κ2) is 9.37. The Hall–Kier alpha value is -0.790. The number of rotatable bonds is 5. The first-order chi connectivity index (χ1) is 10.1. The molecule has 1 atom stereocenters. The van der Waals surface area contributed by atoms with Crippen LogP contribution in [-0.2, 0) is 13.5 Å². The minimum Gasteiger partial charge on any atom is -0.356 e. The van der Waals surface area contributed by atoms with Crippen molar-refractivity contribution in [1.82, 2.24) is 20.0 Å². The van der Waals surface area contributed by atoms with E-state index >= 15 is 0 Å². The quantitative estimate of drug-likeness (QED) is 0.453. The van der Waals surface area contributed by atoms with Crippen molar-refractivity contribution in [2.75, 3.05) is 26.7 Å². The van der Waals surface area contributed by atoms with Crippen molar-refractivity contribution in [3.05, 3.63) is 18.0 Å². The topological polar surface area (TPSA) is 45.5 Å². The molecule has 0 aliphatic carbocycles. The zero-order valence-corrected chi connectivity index (χ0v) is 16.6. The Morgan fingerprint density at radius 1 is 1.50 bits per heavy atom. The van der Waals surface area contributed by atoms with Crippen molar-refractivity contribution in [3.63, 3.8) is 0 Å². The molecule has 1 aromatic rings. The Labute approximate surface area is 151 Å². The Morgan fingerprint density at radius 2 is 2.27 bits per heavy atom. The van der Waals surface area contributed by atoms with Crippen LogP contribution in [0.2, 0.25) is 0 Å². The van der Waals surface area contributed by atoms with E-state index in [1.54, 1.807) is 0 Å². The van der Waals surface area contributed by atoms with Crippen LogP contribution >= 0.6 is 24.0 Å². The molecule has 2 rings (SSSR count). The zero-order valence-electron chi connectivity index (χ0n) is 14.2. The summed E-state index contributed by atoms with van der Waals surface area (Å²) in [7, 11) is 3.83. The summed E-state index contributed by atoms with van der Waals surface area (Å²) < 4.78 is 1.85. The maximum atomic E-state index is 4.43. The van der Waals surface area contributed by atoms with Gasteiger partial charge in [0.1, 0.15) is 0 Å². The molecule has 1 aromatic heterocycles. The van der Waals surface area contributed by atoms with Crippen molar-refractivity contribution in [1.29, 1.82) is 0 Å². The molecule has 22 heavy (non-hydrogen) atoms. The number of likely N-dealkylation sites (tertiary alicyclic amines) is 1. The smallest absolute Gasteiger partial charge is 0.193 e. The lowest BCUT2D eigenvalue weighted by molar-refractivity contribution is 0.404. The molecule has 0 aromatic carbocycles. The predicted octanol–water partition coefficient (Wildman–Crippen LogP) is 2.52. The van der Waals surface area contributed by atoms with Gasteiger partial charge in [0.15, 0.2) is 5.96 Å². The molecule has 1 unspecified atom stereocenters. The summed E-state index contributed by atoms with van der Waals surface area (Å²) in [6.45, 7) is 7.80. The minimum absolute atomic E-state index is 0. The van der Waals surface area contributed by atoms with Crippen LogP contribution in [0, 0.1) is 11.8 Å². The maximum absolute atomic E-state index is 4.43. The van der Waals surface area contributed by atoms with Gasteiger partial charge in [-0.1, -0.05) is 13.8 Å². The van der Waals surface area contributed by atoms with Gasteiger partial charge in [-0.05, 0) is 36.7 Å². The molecule has 0 radical (unpaired) electrons. The molecule has 1 aliphatic rings. The molecule has 1 fully saturated rings.